The molecule has 0 spiro atoms. The minimum Gasteiger partial charge on any atom is -0.462 e. The molecule has 4 nitrogen and oxygen atoms in total. The summed E-state index contributed by atoms with van der Waals surface area (Å²) in [7, 11) is 3.75. The monoisotopic (exact) mass is 194 g/mol. The van der Waals surface area contributed by atoms with Gasteiger partial charge in [0, 0.05) is 26.5 Å². The number of aromatic nitrogens is 1. The van der Waals surface area contributed by atoms with Gasteiger partial charge in [-0.25, -0.2) is 4.79 Å². The topological polar surface area (TPSA) is 42.4 Å². The third-order valence-electron chi connectivity index (χ3n) is 1.78. The highest BCUT2D eigenvalue weighted by Gasteiger charge is 2.13. The summed E-state index contributed by atoms with van der Waals surface area (Å²) < 4.78 is 4.91. The van der Waals surface area contributed by atoms with E-state index in [0.717, 1.165) is 5.69 Å². The van der Waals surface area contributed by atoms with Gasteiger partial charge in [0.05, 0.1) is 12.3 Å². The molecule has 0 aliphatic rings. The summed E-state index contributed by atoms with van der Waals surface area (Å²) >= 11 is 0. The van der Waals surface area contributed by atoms with Crippen molar-refractivity contribution in [2.45, 2.75) is 6.92 Å². The zero-order valence-electron chi connectivity index (χ0n) is 8.65. The zero-order chi connectivity index (χ0) is 10.6. The van der Waals surface area contributed by atoms with Gasteiger partial charge in [0.25, 0.3) is 0 Å². The smallest absolute Gasteiger partial charge is 0.341 e. The molecule has 0 aliphatic carbocycles. The van der Waals surface area contributed by atoms with E-state index in [0.29, 0.717) is 12.2 Å². The number of carbonyl (C=O) groups is 1. The van der Waals surface area contributed by atoms with Crippen LogP contribution in [0.1, 0.15) is 17.3 Å². The van der Waals surface area contributed by atoms with Gasteiger partial charge in [0.1, 0.15) is 5.56 Å². The van der Waals surface area contributed by atoms with Gasteiger partial charge >= 0.3 is 5.97 Å². The van der Waals surface area contributed by atoms with Crippen molar-refractivity contribution in [3.63, 3.8) is 0 Å². The Kier molecular flexibility index (Phi) is 3.45. The number of hydrogen-bond donors (Lipinski definition) is 0. The second-order valence-corrected chi connectivity index (χ2v) is 3.01. The lowest BCUT2D eigenvalue weighted by Gasteiger charge is -2.15. The summed E-state index contributed by atoms with van der Waals surface area (Å²) in [5.41, 5.74) is 1.32. The maximum Gasteiger partial charge on any atom is 0.341 e. The largest absolute Gasteiger partial charge is 0.462 e. The Labute approximate surface area is 83.5 Å². The lowest BCUT2D eigenvalue weighted by molar-refractivity contribution is 0.0526. The molecule has 0 N–H and O–H groups in total. The van der Waals surface area contributed by atoms with Crippen molar-refractivity contribution in [3.05, 3.63) is 24.0 Å². The van der Waals surface area contributed by atoms with Crippen molar-refractivity contribution >= 4 is 11.7 Å². The highest BCUT2D eigenvalue weighted by atomic mass is 16.5. The number of ether oxygens (including phenoxy) is 1. The molecule has 0 atom stereocenters. The van der Waals surface area contributed by atoms with E-state index in [4.69, 9.17) is 4.74 Å². The number of nitrogens with zero attached hydrogens (tertiary/aromatic N) is 2. The fraction of sp³-hybridized carbons (Fsp3) is 0.400. The molecule has 0 aliphatic heterocycles. The highest BCUT2D eigenvalue weighted by Crippen LogP contribution is 2.17. The first-order valence-electron chi connectivity index (χ1n) is 4.45. The van der Waals surface area contributed by atoms with Gasteiger partial charge in [0.15, 0.2) is 0 Å². The maximum atomic E-state index is 11.5. The van der Waals surface area contributed by atoms with Crippen LogP contribution in [0.2, 0.25) is 0 Å². The first kappa shape index (κ1) is 10.5. The standard InChI is InChI=1S/C10H14N2O2/c1-4-14-10(13)8-7-11-6-5-9(8)12(2)3/h5-7H,4H2,1-3H3. The fourth-order valence-corrected chi connectivity index (χ4v) is 1.14. The Morgan fingerprint density at radius 3 is 2.86 bits per heavy atom. The number of hydrogen-bond acceptors (Lipinski definition) is 4. The fourth-order valence-electron chi connectivity index (χ4n) is 1.14. The van der Waals surface area contributed by atoms with Crippen LogP contribution in [0, 0.1) is 0 Å². The quantitative estimate of drug-likeness (QED) is 0.681. The SMILES string of the molecule is CCOC(=O)c1cnccc1N(C)C. The van der Waals surface area contributed by atoms with Crippen LogP contribution in [0.3, 0.4) is 0 Å². The number of anilines is 1. The van der Waals surface area contributed by atoms with Gasteiger partial charge in [-0.15, -0.1) is 0 Å². The van der Waals surface area contributed by atoms with E-state index in [2.05, 4.69) is 4.98 Å². The van der Waals surface area contributed by atoms with Gasteiger partial charge in [0.2, 0.25) is 0 Å². The van der Waals surface area contributed by atoms with Crippen LogP contribution < -0.4 is 4.90 Å². The lowest BCUT2D eigenvalue weighted by atomic mass is 10.2. The van der Waals surface area contributed by atoms with Crippen molar-refractivity contribution < 1.29 is 9.53 Å². The van der Waals surface area contributed by atoms with Crippen molar-refractivity contribution in [3.8, 4) is 0 Å². The molecule has 0 fully saturated rings. The average Bonchev–Trinajstić information content (AvgIpc) is 2.18. The molecular formula is C10H14N2O2. The minimum absolute atomic E-state index is 0.329. The Morgan fingerprint density at radius 1 is 1.57 bits per heavy atom. The molecule has 0 unspecified atom stereocenters. The predicted octanol–water partition coefficient (Wildman–Crippen LogP) is 1.32. The molecule has 76 valence electrons. The summed E-state index contributed by atoms with van der Waals surface area (Å²) in [4.78, 5) is 17.2. The van der Waals surface area contributed by atoms with Crippen LogP contribution in [0.5, 0.6) is 0 Å². The Bertz CT molecular complexity index is 324. The lowest BCUT2D eigenvalue weighted by Crippen LogP contribution is -2.15. The Balaban J connectivity index is 3.00. The normalized spacial score (nSPS) is 9.64. The summed E-state index contributed by atoms with van der Waals surface area (Å²) in [6.07, 6.45) is 3.17. The van der Waals surface area contributed by atoms with Crippen molar-refractivity contribution in [2.24, 2.45) is 0 Å². The van der Waals surface area contributed by atoms with Crippen LogP contribution in [0.25, 0.3) is 0 Å². The van der Waals surface area contributed by atoms with E-state index < -0.39 is 0 Å². The van der Waals surface area contributed by atoms with E-state index in [1.165, 1.54) is 6.20 Å². The molecule has 1 heterocycles. The molecule has 0 radical (unpaired) electrons. The molecular weight excluding hydrogens is 180 g/mol. The average molecular weight is 194 g/mol. The minimum atomic E-state index is -0.329. The van der Waals surface area contributed by atoms with Gasteiger partial charge in [-0.05, 0) is 13.0 Å². The van der Waals surface area contributed by atoms with Crippen molar-refractivity contribution in [1.82, 2.24) is 4.98 Å². The van der Waals surface area contributed by atoms with E-state index >= 15 is 0 Å². The summed E-state index contributed by atoms with van der Waals surface area (Å²) in [6, 6.07) is 1.78. The molecule has 1 aromatic heterocycles. The second-order valence-electron chi connectivity index (χ2n) is 3.01. The van der Waals surface area contributed by atoms with Gasteiger partial charge in [-0.1, -0.05) is 0 Å². The molecule has 0 bridgehead atoms. The Morgan fingerprint density at radius 2 is 2.29 bits per heavy atom. The molecule has 1 rings (SSSR count). The zero-order valence-corrected chi connectivity index (χ0v) is 8.65. The van der Waals surface area contributed by atoms with Crippen LogP contribution >= 0.6 is 0 Å². The first-order chi connectivity index (χ1) is 6.66. The van der Waals surface area contributed by atoms with Gasteiger partial charge < -0.3 is 9.64 Å². The molecule has 1 aromatic rings. The molecule has 0 saturated heterocycles. The third kappa shape index (κ3) is 2.22. The van der Waals surface area contributed by atoms with Gasteiger partial charge in [-0.2, -0.15) is 0 Å². The highest BCUT2D eigenvalue weighted by molar-refractivity contribution is 5.95. The summed E-state index contributed by atoms with van der Waals surface area (Å²) in [5.74, 6) is -0.329. The van der Waals surface area contributed by atoms with E-state index in [1.54, 1.807) is 19.2 Å². The van der Waals surface area contributed by atoms with Crippen LogP contribution in [0.4, 0.5) is 5.69 Å². The van der Waals surface area contributed by atoms with Crippen LogP contribution in [-0.4, -0.2) is 31.7 Å². The van der Waals surface area contributed by atoms with E-state index in [-0.39, 0.29) is 5.97 Å². The van der Waals surface area contributed by atoms with E-state index in [1.807, 2.05) is 19.0 Å². The molecule has 14 heavy (non-hydrogen) atoms. The van der Waals surface area contributed by atoms with Crippen molar-refractivity contribution in [2.75, 3.05) is 25.6 Å². The van der Waals surface area contributed by atoms with Crippen molar-refractivity contribution in [1.29, 1.82) is 0 Å². The summed E-state index contributed by atoms with van der Waals surface area (Å²) in [5, 5.41) is 0. The summed E-state index contributed by atoms with van der Waals surface area (Å²) in [6.45, 7) is 2.16. The molecule has 4 heteroatoms. The first-order valence-corrected chi connectivity index (χ1v) is 4.45. The molecule has 0 saturated carbocycles. The third-order valence-corrected chi connectivity index (χ3v) is 1.78. The predicted molar refractivity (Wildman–Crippen MR) is 54.5 cm³/mol. The van der Waals surface area contributed by atoms with E-state index in [9.17, 15) is 4.79 Å². The van der Waals surface area contributed by atoms with Crippen LogP contribution in [0.15, 0.2) is 18.5 Å². The number of esters is 1. The van der Waals surface area contributed by atoms with Crippen LogP contribution in [-0.2, 0) is 4.74 Å². The number of pyridine rings is 1. The Hall–Kier alpha value is -1.58. The molecule has 0 amide bonds. The molecule has 0 aromatic carbocycles. The van der Waals surface area contributed by atoms with Gasteiger partial charge in [-0.3, -0.25) is 4.98 Å². The second kappa shape index (κ2) is 4.60. The maximum absolute atomic E-state index is 11.5. The number of carbonyl (C=O) groups excluding carboxylic acids is 1. The number of rotatable bonds is 3.